The van der Waals surface area contributed by atoms with E-state index in [2.05, 4.69) is 10.3 Å². The van der Waals surface area contributed by atoms with E-state index < -0.39 is 11.9 Å². The molecule has 1 fully saturated rings. The van der Waals surface area contributed by atoms with Crippen molar-refractivity contribution in [2.45, 2.75) is 25.7 Å². The molecule has 2 heterocycles. The predicted molar refractivity (Wildman–Crippen MR) is 97.9 cm³/mol. The first-order valence-corrected chi connectivity index (χ1v) is 9.21. The maximum absolute atomic E-state index is 12.1. The number of oxazole rings is 1. The monoisotopic (exact) mass is 372 g/mol. The van der Waals surface area contributed by atoms with Gasteiger partial charge in [-0.1, -0.05) is 30.3 Å². The minimum atomic E-state index is -0.873. The van der Waals surface area contributed by atoms with Crippen molar-refractivity contribution in [3.63, 3.8) is 0 Å². The van der Waals surface area contributed by atoms with Gasteiger partial charge in [0.05, 0.1) is 12.1 Å². The first-order valence-electron chi connectivity index (χ1n) is 9.21. The molecule has 1 saturated heterocycles. The van der Waals surface area contributed by atoms with Crippen molar-refractivity contribution in [3.05, 3.63) is 42.4 Å². The van der Waals surface area contributed by atoms with Crippen LogP contribution >= 0.6 is 0 Å². The molecular weight excluding hydrogens is 348 g/mol. The summed E-state index contributed by atoms with van der Waals surface area (Å²) < 4.78 is 11.0. The van der Waals surface area contributed by atoms with Crippen LogP contribution in [0.25, 0.3) is 11.3 Å². The van der Waals surface area contributed by atoms with E-state index in [9.17, 15) is 14.7 Å². The van der Waals surface area contributed by atoms with Crippen LogP contribution in [0.15, 0.2) is 40.9 Å². The number of aromatic nitrogens is 1. The van der Waals surface area contributed by atoms with Crippen LogP contribution in [-0.2, 0) is 20.7 Å². The lowest BCUT2D eigenvalue weighted by Crippen LogP contribution is -2.39. The lowest BCUT2D eigenvalue weighted by molar-refractivity contribution is -0.145. The third-order valence-electron chi connectivity index (χ3n) is 4.85. The van der Waals surface area contributed by atoms with Crippen molar-refractivity contribution in [2.75, 3.05) is 19.8 Å². The van der Waals surface area contributed by atoms with Crippen molar-refractivity contribution >= 4 is 11.9 Å². The normalized spacial score (nSPS) is 16.0. The molecule has 27 heavy (non-hydrogen) atoms. The molecule has 2 N–H and O–H groups in total. The number of nitrogens with one attached hydrogen (secondary N) is 1. The molecule has 7 nitrogen and oxygen atoms in total. The van der Waals surface area contributed by atoms with Gasteiger partial charge in [0, 0.05) is 38.2 Å². The lowest BCUT2D eigenvalue weighted by atomic mass is 9.86. The molecule has 1 atom stereocenters. The molecule has 2 aromatic rings. The molecule has 0 spiro atoms. The topological polar surface area (TPSA) is 102 Å². The fourth-order valence-corrected chi connectivity index (χ4v) is 3.27. The van der Waals surface area contributed by atoms with Crippen LogP contribution in [-0.4, -0.2) is 41.7 Å². The summed E-state index contributed by atoms with van der Waals surface area (Å²) in [6.45, 7) is 1.30. The molecule has 144 valence electrons. The van der Waals surface area contributed by atoms with Gasteiger partial charge >= 0.3 is 5.97 Å². The Balaban J connectivity index is 1.46. The number of carboxylic acids is 1. The van der Waals surface area contributed by atoms with Crippen molar-refractivity contribution < 1.29 is 23.8 Å². The van der Waals surface area contributed by atoms with Crippen LogP contribution in [0.2, 0.25) is 0 Å². The summed E-state index contributed by atoms with van der Waals surface area (Å²) in [5, 5.41) is 12.2. The van der Waals surface area contributed by atoms with Crippen LogP contribution in [0.5, 0.6) is 0 Å². The molecule has 1 aliphatic rings. The number of ether oxygens (including phenoxy) is 1. The van der Waals surface area contributed by atoms with Crippen LogP contribution in [0, 0.1) is 11.8 Å². The first kappa shape index (κ1) is 19.1. The molecule has 1 unspecified atom stereocenters. The third kappa shape index (κ3) is 5.40. The van der Waals surface area contributed by atoms with Crippen molar-refractivity contribution in [2.24, 2.45) is 11.8 Å². The number of hydrogen-bond acceptors (Lipinski definition) is 5. The summed E-state index contributed by atoms with van der Waals surface area (Å²) in [6, 6.07) is 9.62. The summed E-state index contributed by atoms with van der Waals surface area (Å²) in [6.07, 6.45) is 3.65. The Labute approximate surface area is 157 Å². The fourth-order valence-electron chi connectivity index (χ4n) is 3.27. The van der Waals surface area contributed by atoms with E-state index in [0.717, 1.165) is 5.56 Å². The van der Waals surface area contributed by atoms with Gasteiger partial charge < -0.3 is 19.6 Å². The van der Waals surface area contributed by atoms with Crippen LogP contribution in [0.4, 0.5) is 0 Å². The van der Waals surface area contributed by atoms with Gasteiger partial charge in [-0.05, 0) is 18.8 Å². The second kappa shape index (κ2) is 9.32. The van der Waals surface area contributed by atoms with Gasteiger partial charge in [0.15, 0.2) is 11.7 Å². The molecule has 1 aromatic carbocycles. The maximum atomic E-state index is 12.1. The Hall–Kier alpha value is -2.67. The second-order valence-electron chi connectivity index (χ2n) is 6.68. The van der Waals surface area contributed by atoms with Crippen LogP contribution in [0.3, 0.4) is 0 Å². The summed E-state index contributed by atoms with van der Waals surface area (Å²) >= 11 is 0. The molecule has 3 rings (SSSR count). The molecule has 1 amide bonds. The summed E-state index contributed by atoms with van der Waals surface area (Å²) in [7, 11) is 0. The Morgan fingerprint density at radius 1 is 1.22 bits per heavy atom. The van der Waals surface area contributed by atoms with Gasteiger partial charge in [0.25, 0.3) is 0 Å². The Kier molecular flexibility index (Phi) is 6.59. The minimum absolute atomic E-state index is 0.0386. The van der Waals surface area contributed by atoms with Crippen molar-refractivity contribution in [3.8, 4) is 11.3 Å². The number of carbonyl (C=O) groups excluding carboxylic acids is 1. The number of carbonyl (C=O) groups is 2. The van der Waals surface area contributed by atoms with Gasteiger partial charge in [-0.15, -0.1) is 0 Å². The zero-order valence-corrected chi connectivity index (χ0v) is 15.1. The molecule has 7 heteroatoms. The first-order chi connectivity index (χ1) is 13.1. The van der Waals surface area contributed by atoms with Crippen LogP contribution in [0.1, 0.15) is 25.2 Å². The van der Waals surface area contributed by atoms with E-state index in [-0.39, 0.29) is 24.8 Å². The van der Waals surface area contributed by atoms with Crippen LogP contribution < -0.4 is 5.32 Å². The van der Waals surface area contributed by atoms with E-state index in [1.165, 1.54) is 0 Å². The number of hydrogen-bond donors (Lipinski definition) is 2. The zero-order valence-electron chi connectivity index (χ0n) is 15.1. The molecule has 0 radical (unpaired) electrons. The van der Waals surface area contributed by atoms with E-state index >= 15 is 0 Å². The highest BCUT2D eigenvalue weighted by Crippen LogP contribution is 2.24. The number of carboxylic acid groups (broad SMARTS) is 1. The van der Waals surface area contributed by atoms with Gasteiger partial charge in [-0.2, -0.15) is 0 Å². The largest absolute Gasteiger partial charge is 0.481 e. The predicted octanol–water partition coefficient (Wildman–Crippen LogP) is 2.52. The summed E-state index contributed by atoms with van der Waals surface area (Å²) in [5.41, 5.74) is 0.932. The molecule has 0 bridgehead atoms. The number of rotatable bonds is 8. The summed E-state index contributed by atoms with van der Waals surface area (Å²) in [4.78, 5) is 27.8. The fraction of sp³-hybridized carbons (Fsp3) is 0.450. The average molecular weight is 372 g/mol. The lowest BCUT2D eigenvalue weighted by Gasteiger charge is -2.27. The highest BCUT2D eigenvalue weighted by Gasteiger charge is 2.29. The second-order valence-corrected chi connectivity index (χ2v) is 6.68. The molecular formula is C20H24N2O5. The van der Waals surface area contributed by atoms with E-state index in [1.54, 1.807) is 6.20 Å². The molecule has 1 aliphatic heterocycles. The van der Waals surface area contributed by atoms with Crippen molar-refractivity contribution in [1.29, 1.82) is 0 Å². The van der Waals surface area contributed by atoms with Gasteiger partial charge in [-0.3, -0.25) is 9.59 Å². The Bertz CT molecular complexity index is 753. The standard InChI is InChI=1S/C20H24N2O5/c23-18(21-12-16(20(24)25)14-8-10-26-11-9-14)6-7-19-22-13-17(27-19)15-4-2-1-3-5-15/h1-5,13-14,16H,6-12H2,(H,21,23)(H,24,25). The number of nitrogens with zero attached hydrogens (tertiary/aromatic N) is 1. The SMILES string of the molecule is O=C(CCc1ncc(-c2ccccc2)o1)NCC(C(=O)O)C1CCOCC1. The maximum Gasteiger partial charge on any atom is 0.308 e. The van der Waals surface area contributed by atoms with E-state index in [4.69, 9.17) is 9.15 Å². The molecule has 0 aliphatic carbocycles. The third-order valence-corrected chi connectivity index (χ3v) is 4.85. The Morgan fingerprint density at radius 2 is 1.96 bits per heavy atom. The molecule has 1 aromatic heterocycles. The Morgan fingerprint density at radius 3 is 2.67 bits per heavy atom. The highest BCUT2D eigenvalue weighted by atomic mass is 16.5. The van der Waals surface area contributed by atoms with Gasteiger partial charge in [-0.25, -0.2) is 4.98 Å². The minimum Gasteiger partial charge on any atom is -0.481 e. The number of amides is 1. The summed E-state index contributed by atoms with van der Waals surface area (Å²) in [5.74, 6) is -0.462. The average Bonchev–Trinajstić information content (AvgIpc) is 3.17. The van der Waals surface area contributed by atoms with Crippen molar-refractivity contribution in [1.82, 2.24) is 10.3 Å². The van der Waals surface area contributed by atoms with Gasteiger partial charge in [0.1, 0.15) is 0 Å². The highest BCUT2D eigenvalue weighted by molar-refractivity contribution is 5.77. The number of aliphatic carboxylic acids is 1. The van der Waals surface area contributed by atoms with E-state index in [1.807, 2.05) is 30.3 Å². The number of aryl methyl sites for hydroxylation is 1. The smallest absolute Gasteiger partial charge is 0.308 e. The molecule has 0 saturated carbocycles. The number of benzene rings is 1. The zero-order chi connectivity index (χ0) is 19.1. The van der Waals surface area contributed by atoms with Gasteiger partial charge in [0.2, 0.25) is 5.91 Å². The van der Waals surface area contributed by atoms with E-state index in [0.29, 0.717) is 44.1 Å². The quantitative estimate of drug-likeness (QED) is 0.738.